The second-order valence-electron chi connectivity index (χ2n) is 6.38. The number of aryl methyl sites for hydroxylation is 2. The number of aromatic nitrogens is 1. The van der Waals surface area contributed by atoms with Crippen molar-refractivity contribution in [2.24, 2.45) is 0 Å². The predicted molar refractivity (Wildman–Crippen MR) is 107 cm³/mol. The van der Waals surface area contributed by atoms with Crippen molar-refractivity contribution in [3.8, 4) is 0 Å². The predicted octanol–water partition coefficient (Wildman–Crippen LogP) is 5.15. The van der Waals surface area contributed by atoms with Crippen LogP contribution in [0.15, 0.2) is 45.8 Å². The Bertz CT molecular complexity index is 1060. The van der Waals surface area contributed by atoms with Crippen LogP contribution in [-0.4, -0.2) is 22.9 Å². The molecule has 0 aliphatic rings. The third-order valence-electron chi connectivity index (χ3n) is 4.60. The van der Waals surface area contributed by atoms with Crippen molar-refractivity contribution in [2.75, 3.05) is 6.61 Å². The van der Waals surface area contributed by atoms with Gasteiger partial charge in [0.25, 0.3) is 0 Å². The van der Waals surface area contributed by atoms with Crippen LogP contribution in [0.5, 0.6) is 0 Å². The number of furan rings is 1. The summed E-state index contributed by atoms with van der Waals surface area (Å²) < 4.78 is 13.7. The number of carbonyl (C=O) groups is 2. The lowest BCUT2D eigenvalue weighted by Crippen LogP contribution is -2.15. The van der Waals surface area contributed by atoms with Gasteiger partial charge in [-0.1, -0.05) is 22.0 Å². The maximum absolute atomic E-state index is 12.5. The van der Waals surface area contributed by atoms with Gasteiger partial charge in [-0.25, -0.2) is 4.79 Å². The Morgan fingerprint density at radius 1 is 1.26 bits per heavy atom. The Kier molecular flexibility index (Phi) is 5.37. The molecule has 0 radical (unpaired) electrons. The van der Waals surface area contributed by atoms with Crippen LogP contribution in [0.3, 0.4) is 0 Å². The number of rotatable bonds is 6. The van der Waals surface area contributed by atoms with E-state index in [1.165, 1.54) is 0 Å². The van der Waals surface area contributed by atoms with Crippen LogP contribution in [-0.2, 0) is 11.3 Å². The fourth-order valence-electron chi connectivity index (χ4n) is 3.16. The van der Waals surface area contributed by atoms with Crippen LogP contribution in [0.2, 0.25) is 0 Å². The fraction of sp³-hybridized carbons (Fsp3) is 0.238. The van der Waals surface area contributed by atoms with Gasteiger partial charge in [-0.05, 0) is 45.0 Å². The number of ether oxygens (including phenoxy) is 1. The van der Waals surface area contributed by atoms with E-state index in [-0.39, 0.29) is 18.2 Å². The van der Waals surface area contributed by atoms with Crippen molar-refractivity contribution in [1.29, 1.82) is 0 Å². The molecular weight excluding hydrogens is 410 g/mol. The van der Waals surface area contributed by atoms with Crippen LogP contribution in [0.4, 0.5) is 0 Å². The van der Waals surface area contributed by atoms with Gasteiger partial charge in [-0.3, -0.25) is 4.79 Å². The Labute approximate surface area is 165 Å². The molecule has 0 bridgehead atoms. The molecule has 0 fully saturated rings. The van der Waals surface area contributed by atoms with Crippen molar-refractivity contribution in [3.05, 3.63) is 69.7 Å². The van der Waals surface area contributed by atoms with Crippen molar-refractivity contribution in [1.82, 2.24) is 4.57 Å². The number of nitrogens with zero attached hydrogens (tertiary/aromatic N) is 1. The van der Waals surface area contributed by atoms with E-state index < -0.39 is 5.97 Å². The molecular formula is C21H20BrNO4. The van der Waals surface area contributed by atoms with Crippen LogP contribution in [0.1, 0.15) is 37.9 Å². The van der Waals surface area contributed by atoms with E-state index in [0.29, 0.717) is 23.3 Å². The van der Waals surface area contributed by atoms with Crippen molar-refractivity contribution < 1.29 is 18.7 Å². The minimum absolute atomic E-state index is 0.119. The largest absolute Gasteiger partial charge is 0.451 e. The van der Waals surface area contributed by atoms with Crippen LogP contribution in [0.25, 0.3) is 11.0 Å². The van der Waals surface area contributed by atoms with E-state index in [1.807, 2.05) is 30.5 Å². The zero-order valence-corrected chi connectivity index (χ0v) is 17.1. The van der Waals surface area contributed by atoms with E-state index in [2.05, 4.69) is 22.5 Å². The zero-order chi connectivity index (χ0) is 19.7. The highest BCUT2D eigenvalue weighted by atomic mass is 79.9. The summed E-state index contributed by atoms with van der Waals surface area (Å²) in [5, 5.41) is 0.829. The molecule has 5 nitrogen and oxygen atoms in total. The number of esters is 1. The van der Waals surface area contributed by atoms with Gasteiger partial charge in [0.1, 0.15) is 5.58 Å². The number of allylic oxidation sites excluding steroid dienone is 1. The molecule has 1 aromatic carbocycles. The Balaban J connectivity index is 1.76. The van der Waals surface area contributed by atoms with Crippen LogP contribution in [0, 0.1) is 20.8 Å². The van der Waals surface area contributed by atoms with Crippen LogP contribution >= 0.6 is 15.9 Å². The lowest BCUT2D eigenvalue weighted by atomic mass is 10.1. The summed E-state index contributed by atoms with van der Waals surface area (Å²) in [4.78, 5) is 24.9. The highest BCUT2D eigenvalue weighted by Crippen LogP contribution is 2.28. The molecule has 0 spiro atoms. The van der Waals surface area contributed by atoms with Crippen molar-refractivity contribution >= 4 is 38.7 Å². The minimum atomic E-state index is -0.645. The maximum atomic E-state index is 12.5. The monoisotopic (exact) mass is 429 g/mol. The van der Waals surface area contributed by atoms with E-state index in [1.54, 1.807) is 25.1 Å². The third kappa shape index (κ3) is 3.62. The van der Waals surface area contributed by atoms with Gasteiger partial charge in [0.15, 0.2) is 6.61 Å². The smallest absolute Gasteiger partial charge is 0.375 e. The quantitative estimate of drug-likeness (QED) is 0.308. The van der Waals surface area contributed by atoms with Gasteiger partial charge < -0.3 is 13.7 Å². The second kappa shape index (κ2) is 7.56. The van der Waals surface area contributed by atoms with E-state index in [9.17, 15) is 9.59 Å². The summed E-state index contributed by atoms with van der Waals surface area (Å²) in [6, 6.07) is 7.30. The summed E-state index contributed by atoms with van der Waals surface area (Å²) in [6.07, 6.45) is 1.77. The standard InChI is InChI=1S/C21H20BrNO4/c1-5-8-23-12(2)9-17(14(23)4)18(24)11-26-21(25)20-13(3)16-10-15(22)6-7-19(16)27-20/h5-7,9-10H,1,8,11H2,2-4H3. The molecule has 3 rings (SSSR count). The van der Waals surface area contributed by atoms with Gasteiger partial charge >= 0.3 is 5.97 Å². The summed E-state index contributed by atoms with van der Waals surface area (Å²) in [5.41, 5.74) is 3.63. The Morgan fingerprint density at radius 2 is 2.00 bits per heavy atom. The van der Waals surface area contributed by atoms with E-state index in [4.69, 9.17) is 9.15 Å². The van der Waals surface area contributed by atoms with Gasteiger partial charge in [0, 0.05) is 38.9 Å². The SMILES string of the molecule is C=CCn1c(C)cc(C(=O)COC(=O)c2oc3ccc(Br)cc3c2C)c1C. The summed E-state index contributed by atoms with van der Waals surface area (Å²) in [5.74, 6) is -0.774. The van der Waals surface area contributed by atoms with Crippen LogP contribution < -0.4 is 0 Å². The number of carbonyl (C=O) groups excluding carboxylic acids is 2. The lowest BCUT2D eigenvalue weighted by molar-refractivity contribution is 0.0445. The molecule has 0 amide bonds. The summed E-state index contributed by atoms with van der Waals surface area (Å²) in [7, 11) is 0. The van der Waals surface area contributed by atoms with Crippen molar-refractivity contribution in [2.45, 2.75) is 27.3 Å². The molecule has 0 unspecified atom stereocenters. The van der Waals surface area contributed by atoms with Gasteiger partial charge in [-0.2, -0.15) is 0 Å². The summed E-state index contributed by atoms with van der Waals surface area (Å²) in [6.45, 7) is 9.60. The molecule has 0 aliphatic heterocycles. The highest BCUT2D eigenvalue weighted by Gasteiger charge is 2.22. The van der Waals surface area contributed by atoms with Gasteiger partial charge in [0.2, 0.25) is 11.5 Å². The fourth-order valence-corrected chi connectivity index (χ4v) is 3.52. The maximum Gasteiger partial charge on any atom is 0.375 e. The highest BCUT2D eigenvalue weighted by molar-refractivity contribution is 9.10. The first kappa shape index (κ1) is 19.2. The molecule has 6 heteroatoms. The molecule has 27 heavy (non-hydrogen) atoms. The topological polar surface area (TPSA) is 61.4 Å². The van der Waals surface area contributed by atoms with E-state index >= 15 is 0 Å². The minimum Gasteiger partial charge on any atom is -0.451 e. The molecule has 0 atom stereocenters. The normalized spacial score (nSPS) is 11.0. The van der Waals surface area contributed by atoms with E-state index in [0.717, 1.165) is 21.2 Å². The molecule has 0 N–H and O–H groups in total. The number of Topliss-reactive ketones (excluding diaryl/α,β-unsaturated/α-hetero) is 1. The second-order valence-corrected chi connectivity index (χ2v) is 7.30. The number of benzene rings is 1. The number of fused-ring (bicyclic) bond motifs is 1. The first-order valence-electron chi connectivity index (χ1n) is 8.50. The zero-order valence-electron chi connectivity index (χ0n) is 15.5. The first-order valence-corrected chi connectivity index (χ1v) is 9.29. The molecule has 3 aromatic rings. The number of ketones is 1. The van der Waals surface area contributed by atoms with Crippen molar-refractivity contribution in [3.63, 3.8) is 0 Å². The lowest BCUT2D eigenvalue weighted by Gasteiger charge is -2.06. The number of hydrogen-bond donors (Lipinski definition) is 0. The number of hydrogen-bond acceptors (Lipinski definition) is 4. The average Bonchev–Trinajstić information content (AvgIpc) is 3.11. The summed E-state index contributed by atoms with van der Waals surface area (Å²) >= 11 is 3.40. The molecule has 0 saturated carbocycles. The van der Waals surface area contributed by atoms with Gasteiger partial charge in [0.05, 0.1) is 0 Å². The molecule has 2 aromatic heterocycles. The molecule has 2 heterocycles. The molecule has 140 valence electrons. The molecule has 0 aliphatic carbocycles. The molecule has 0 saturated heterocycles. The third-order valence-corrected chi connectivity index (χ3v) is 5.10. The first-order chi connectivity index (χ1) is 12.8. The Morgan fingerprint density at radius 3 is 2.70 bits per heavy atom. The number of halogens is 1. The van der Waals surface area contributed by atoms with Gasteiger partial charge in [-0.15, -0.1) is 6.58 Å². The Hall–Kier alpha value is -2.60. The average molecular weight is 430 g/mol.